The van der Waals surface area contributed by atoms with Crippen LogP contribution >= 0.6 is 0 Å². The van der Waals surface area contributed by atoms with Gasteiger partial charge in [0.1, 0.15) is 5.92 Å². The molecular weight excluding hydrogens is 198 g/mol. The lowest BCUT2D eigenvalue weighted by Crippen LogP contribution is -2.43. The summed E-state index contributed by atoms with van der Waals surface area (Å²) in [6, 6.07) is 2.28. The first-order chi connectivity index (χ1) is 7.74. The van der Waals surface area contributed by atoms with Gasteiger partial charge in [0, 0.05) is 11.8 Å². The minimum Gasteiger partial charge on any atom is -0.298 e. The number of carbonyl (C=O) groups is 1. The average molecular weight is 213 g/mol. The zero-order valence-electron chi connectivity index (χ0n) is 9.28. The molecule has 0 unspecified atom stereocenters. The average Bonchev–Trinajstić information content (AvgIpc) is 2.56. The van der Waals surface area contributed by atoms with E-state index in [4.69, 9.17) is 0 Å². The highest BCUT2D eigenvalue weighted by molar-refractivity contribution is 5.88. The standard InChI is InChI=1S/C14H15NO/c15-10-11-12(16)9-13-5-1-3-7-14(11,13)8-4-2-6-13/h1-4,11H,5-9H2/t11-,13?,14?/m0/s1. The fourth-order valence-electron chi connectivity index (χ4n) is 4.01. The van der Waals surface area contributed by atoms with E-state index in [2.05, 4.69) is 30.4 Å². The molecule has 0 bridgehead atoms. The van der Waals surface area contributed by atoms with Gasteiger partial charge in [0.2, 0.25) is 0 Å². The van der Waals surface area contributed by atoms with Crippen LogP contribution in [0, 0.1) is 28.1 Å². The third-order valence-electron chi connectivity index (χ3n) is 4.89. The Bertz CT molecular complexity index is 420. The summed E-state index contributed by atoms with van der Waals surface area (Å²) in [5.41, 5.74) is -0.0175. The van der Waals surface area contributed by atoms with Crippen molar-refractivity contribution in [2.24, 2.45) is 16.7 Å². The van der Waals surface area contributed by atoms with E-state index < -0.39 is 0 Å². The van der Waals surface area contributed by atoms with Gasteiger partial charge in [0.25, 0.3) is 0 Å². The predicted octanol–water partition coefficient (Wildman–Crippen LogP) is 2.77. The van der Waals surface area contributed by atoms with E-state index in [-0.39, 0.29) is 22.5 Å². The zero-order valence-corrected chi connectivity index (χ0v) is 9.28. The molecule has 3 aliphatic rings. The first-order valence-corrected chi connectivity index (χ1v) is 5.96. The summed E-state index contributed by atoms with van der Waals surface area (Å²) in [6.45, 7) is 0. The molecule has 0 saturated heterocycles. The molecule has 0 aromatic heterocycles. The number of ketones is 1. The van der Waals surface area contributed by atoms with Gasteiger partial charge in [-0.3, -0.25) is 4.79 Å². The Balaban J connectivity index is 2.17. The molecule has 1 saturated carbocycles. The number of nitriles is 1. The van der Waals surface area contributed by atoms with Gasteiger partial charge in [0.05, 0.1) is 6.07 Å². The van der Waals surface area contributed by atoms with Crippen LogP contribution in [-0.4, -0.2) is 5.78 Å². The van der Waals surface area contributed by atoms with Crippen molar-refractivity contribution in [3.63, 3.8) is 0 Å². The Morgan fingerprint density at radius 2 is 1.69 bits per heavy atom. The Labute approximate surface area is 95.6 Å². The molecule has 0 spiro atoms. The van der Waals surface area contributed by atoms with E-state index in [0.717, 1.165) is 25.7 Å². The van der Waals surface area contributed by atoms with Gasteiger partial charge in [-0.15, -0.1) is 0 Å². The van der Waals surface area contributed by atoms with Crippen molar-refractivity contribution in [3.8, 4) is 6.07 Å². The highest BCUT2D eigenvalue weighted by Gasteiger charge is 2.63. The van der Waals surface area contributed by atoms with Crippen LogP contribution in [0.15, 0.2) is 24.3 Å². The number of carbonyl (C=O) groups excluding carboxylic acids is 1. The summed E-state index contributed by atoms with van der Waals surface area (Å²) in [7, 11) is 0. The maximum Gasteiger partial charge on any atom is 0.151 e. The van der Waals surface area contributed by atoms with Gasteiger partial charge >= 0.3 is 0 Å². The summed E-state index contributed by atoms with van der Waals surface area (Å²) >= 11 is 0. The number of nitrogens with zero attached hydrogens (tertiary/aromatic N) is 1. The van der Waals surface area contributed by atoms with Gasteiger partial charge < -0.3 is 0 Å². The molecule has 0 N–H and O–H groups in total. The van der Waals surface area contributed by atoms with Crippen molar-refractivity contribution in [1.29, 1.82) is 5.26 Å². The lowest BCUT2D eigenvalue weighted by Gasteiger charge is -2.49. The van der Waals surface area contributed by atoms with Gasteiger partial charge in [-0.1, -0.05) is 24.3 Å². The van der Waals surface area contributed by atoms with Gasteiger partial charge in [-0.2, -0.15) is 5.26 Å². The minimum absolute atomic E-state index is 0.0635. The Kier molecular flexibility index (Phi) is 1.89. The van der Waals surface area contributed by atoms with E-state index in [0.29, 0.717) is 6.42 Å². The van der Waals surface area contributed by atoms with E-state index >= 15 is 0 Å². The molecule has 3 rings (SSSR count). The van der Waals surface area contributed by atoms with Crippen molar-refractivity contribution in [1.82, 2.24) is 0 Å². The number of rotatable bonds is 0. The molecule has 1 fully saturated rings. The first kappa shape index (κ1) is 9.84. The summed E-state index contributed by atoms with van der Waals surface area (Å²) in [4.78, 5) is 12.0. The molecular formula is C14H15NO. The number of hydrogen-bond acceptors (Lipinski definition) is 2. The van der Waals surface area contributed by atoms with Gasteiger partial charge in [-0.25, -0.2) is 0 Å². The highest BCUT2D eigenvalue weighted by Crippen LogP contribution is 2.65. The van der Waals surface area contributed by atoms with Gasteiger partial charge in [-0.05, 0) is 31.1 Å². The van der Waals surface area contributed by atoms with Crippen LogP contribution in [0.5, 0.6) is 0 Å². The van der Waals surface area contributed by atoms with Crippen LogP contribution in [-0.2, 0) is 4.79 Å². The predicted molar refractivity (Wildman–Crippen MR) is 60.3 cm³/mol. The minimum atomic E-state index is -0.373. The third-order valence-corrected chi connectivity index (χ3v) is 4.89. The van der Waals surface area contributed by atoms with Crippen molar-refractivity contribution >= 4 is 5.78 Å². The second-order valence-electron chi connectivity index (χ2n) is 5.40. The molecule has 16 heavy (non-hydrogen) atoms. The molecule has 0 heterocycles. The van der Waals surface area contributed by atoms with Crippen molar-refractivity contribution < 1.29 is 4.79 Å². The van der Waals surface area contributed by atoms with E-state index in [1.807, 2.05) is 0 Å². The molecule has 0 radical (unpaired) electrons. The topological polar surface area (TPSA) is 40.9 Å². The van der Waals surface area contributed by atoms with Crippen molar-refractivity contribution in [2.75, 3.05) is 0 Å². The molecule has 3 aliphatic carbocycles. The van der Waals surface area contributed by atoms with E-state index in [1.165, 1.54) is 0 Å². The lowest BCUT2D eigenvalue weighted by atomic mass is 9.53. The molecule has 2 nitrogen and oxygen atoms in total. The third kappa shape index (κ3) is 0.942. The Morgan fingerprint density at radius 1 is 1.12 bits per heavy atom. The summed E-state index contributed by atoms with van der Waals surface area (Å²) < 4.78 is 0. The summed E-state index contributed by atoms with van der Waals surface area (Å²) in [5, 5.41) is 9.29. The van der Waals surface area contributed by atoms with Crippen LogP contribution in [0.3, 0.4) is 0 Å². The van der Waals surface area contributed by atoms with Crippen LogP contribution in [0.1, 0.15) is 32.1 Å². The van der Waals surface area contributed by atoms with Gasteiger partial charge in [0.15, 0.2) is 5.78 Å². The SMILES string of the molecule is N#C[C@H]1C(=O)CC23CC=CCC12CC=CC3. The summed E-state index contributed by atoms with van der Waals surface area (Å²) in [6.07, 6.45) is 13.1. The largest absolute Gasteiger partial charge is 0.298 e. The van der Waals surface area contributed by atoms with Crippen molar-refractivity contribution in [2.45, 2.75) is 32.1 Å². The molecule has 0 aromatic rings. The van der Waals surface area contributed by atoms with Crippen molar-refractivity contribution in [3.05, 3.63) is 24.3 Å². The van der Waals surface area contributed by atoms with Crippen LogP contribution in [0.25, 0.3) is 0 Å². The number of Topliss-reactive ketones (excluding diaryl/α,β-unsaturated/α-hetero) is 1. The van der Waals surface area contributed by atoms with Crippen LogP contribution < -0.4 is 0 Å². The van der Waals surface area contributed by atoms with E-state index in [1.54, 1.807) is 0 Å². The second kappa shape index (κ2) is 3.07. The maximum absolute atomic E-state index is 12.0. The van der Waals surface area contributed by atoms with Crippen LogP contribution in [0.4, 0.5) is 0 Å². The Morgan fingerprint density at radius 3 is 2.25 bits per heavy atom. The molecule has 1 atom stereocenters. The smallest absolute Gasteiger partial charge is 0.151 e. The normalized spacial score (nSPS) is 44.9. The summed E-state index contributed by atoms with van der Waals surface area (Å²) in [5.74, 6) is -0.197. The zero-order chi connectivity index (χ0) is 11.2. The fourth-order valence-corrected chi connectivity index (χ4v) is 4.01. The number of allylic oxidation sites excluding steroid dienone is 4. The lowest BCUT2D eigenvalue weighted by molar-refractivity contribution is -0.120. The second-order valence-corrected chi connectivity index (χ2v) is 5.40. The molecule has 0 aliphatic heterocycles. The van der Waals surface area contributed by atoms with E-state index in [9.17, 15) is 10.1 Å². The Hall–Kier alpha value is -1.36. The molecule has 0 aromatic carbocycles. The van der Waals surface area contributed by atoms with Crippen LogP contribution in [0.2, 0.25) is 0 Å². The quantitative estimate of drug-likeness (QED) is 0.580. The maximum atomic E-state index is 12.0. The molecule has 82 valence electrons. The molecule has 2 heteroatoms. The molecule has 0 amide bonds. The fraction of sp³-hybridized carbons (Fsp3) is 0.571. The highest BCUT2D eigenvalue weighted by atomic mass is 16.1. The first-order valence-electron chi connectivity index (χ1n) is 5.96. The monoisotopic (exact) mass is 213 g/mol. The number of hydrogen-bond donors (Lipinski definition) is 0.